The van der Waals surface area contributed by atoms with E-state index in [2.05, 4.69) is 26.0 Å². The van der Waals surface area contributed by atoms with Crippen LogP contribution in [0.15, 0.2) is 12.2 Å². The van der Waals surface area contributed by atoms with Crippen molar-refractivity contribution >= 4 is 0 Å². The Morgan fingerprint density at radius 3 is 2.29 bits per heavy atom. The Bertz CT molecular complexity index is 155. The summed E-state index contributed by atoms with van der Waals surface area (Å²) in [5.74, 6) is 0. The molecular formula is C14H29LiO2. The van der Waals surface area contributed by atoms with Crippen molar-refractivity contribution in [1.82, 2.24) is 0 Å². The van der Waals surface area contributed by atoms with Gasteiger partial charge in [-0.05, 0) is 19.3 Å². The van der Waals surface area contributed by atoms with Crippen molar-refractivity contribution in [2.45, 2.75) is 58.8 Å². The van der Waals surface area contributed by atoms with Gasteiger partial charge in [-0.1, -0.05) is 51.7 Å². The molecule has 2 nitrogen and oxygen atoms in total. The zero-order valence-electron chi connectivity index (χ0n) is 13.0. The van der Waals surface area contributed by atoms with Gasteiger partial charge in [0, 0.05) is 6.61 Å². The van der Waals surface area contributed by atoms with Gasteiger partial charge < -0.3 is 10.9 Å². The fourth-order valence-corrected chi connectivity index (χ4v) is 1.42. The normalized spacial score (nSPS) is 10.7. The summed E-state index contributed by atoms with van der Waals surface area (Å²) < 4.78 is 10.7. The minimum atomic E-state index is 0. The van der Waals surface area contributed by atoms with Crippen molar-refractivity contribution in [3.05, 3.63) is 12.2 Å². The van der Waals surface area contributed by atoms with E-state index in [1.54, 1.807) is 0 Å². The first-order chi connectivity index (χ1) is 7.91. The summed E-state index contributed by atoms with van der Waals surface area (Å²) in [7, 11) is 0. The first kappa shape index (κ1) is 19.6. The summed E-state index contributed by atoms with van der Waals surface area (Å²) in [6, 6.07) is 0. The SMILES string of the molecule is CC/C=C\CCOCOCCCCCCC.[H-].[Li+]. The second kappa shape index (κ2) is 18.6. The van der Waals surface area contributed by atoms with Gasteiger partial charge in [0.1, 0.15) is 6.79 Å². The van der Waals surface area contributed by atoms with Crippen LogP contribution in [-0.4, -0.2) is 20.0 Å². The maximum absolute atomic E-state index is 5.37. The monoisotopic (exact) mass is 236 g/mol. The zero-order chi connectivity index (χ0) is 11.9. The molecule has 0 heterocycles. The zero-order valence-corrected chi connectivity index (χ0v) is 12.0. The van der Waals surface area contributed by atoms with Crippen LogP contribution in [0.1, 0.15) is 60.2 Å². The summed E-state index contributed by atoms with van der Waals surface area (Å²) in [5.41, 5.74) is 0. The average molecular weight is 236 g/mol. The van der Waals surface area contributed by atoms with E-state index in [4.69, 9.17) is 9.47 Å². The van der Waals surface area contributed by atoms with E-state index in [0.717, 1.165) is 26.1 Å². The summed E-state index contributed by atoms with van der Waals surface area (Å²) in [4.78, 5) is 0. The van der Waals surface area contributed by atoms with Gasteiger partial charge in [-0.3, -0.25) is 0 Å². The molecule has 0 radical (unpaired) electrons. The molecule has 3 heteroatoms. The Kier molecular flexibility index (Phi) is 21.5. The quantitative estimate of drug-likeness (QED) is 0.221. The van der Waals surface area contributed by atoms with Gasteiger partial charge in [0.2, 0.25) is 0 Å². The Labute approximate surface area is 121 Å². The number of rotatable bonds is 12. The Morgan fingerprint density at radius 2 is 1.59 bits per heavy atom. The van der Waals surface area contributed by atoms with E-state index in [9.17, 15) is 0 Å². The molecular weight excluding hydrogens is 207 g/mol. The van der Waals surface area contributed by atoms with Gasteiger partial charge >= 0.3 is 18.9 Å². The predicted molar refractivity (Wildman–Crippen MR) is 70.7 cm³/mol. The van der Waals surface area contributed by atoms with Crippen LogP contribution >= 0.6 is 0 Å². The Morgan fingerprint density at radius 1 is 0.882 bits per heavy atom. The molecule has 0 saturated carbocycles. The molecule has 0 amide bonds. The second-order valence-corrected chi connectivity index (χ2v) is 4.02. The molecule has 0 aromatic heterocycles. The van der Waals surface area contributed by atoms with Crippen molar-refractivity contribution in [2.24, 2.45) is 0 Å². The summed E-state index contributed by atoms with van der Waals surface area (Å²) in [6.07, 6.45) is 12.9. The van der Waals surface area contributed by atoms with Gasteiger partial charge in [0.25, 0.3) is 0 Å². The molecule has 0 atom stereocenters. The molecule has 0 aliphatic rings. The van der Waals surface area contributed by atoms with E-state index in [1.165, 1.54) is 32.1 Å². The summed E-state index contributed by atoms with van der Waals surface area (Å²) in [6.45, 7) is 6.44. The molecule has 0 saturated heterocycles. The molecule has 0 aromatic rings. The van der Waals surface area contributed by atoms with E-state index in [-0.39, 0.29) is 20.3 Å². The third-order valence-corrected chi connectivity index (χ3v) is 2.39. The minimum absolute atomic E-state index is 0. The van der Waals surface area contributed by atoms with Crippen LogP contribution in [0.25, 0.3) is 0 Å². The first-order valence-corrected chi connectivity index (χ1v) is 6.72. The molecule has 0 aromatic carbocycles. The Hall–Kier alpha value is 0.257. The molecule has 17 heavy (non-hydrogen) atoms. The molecule has 0 aliphatic carbocycles. The largest absolute Gasteiger partial charge is 1.00 e. The number of hydrogen-bond donors (Lipinski definition) is 0. The number of unbranched alkanes of at least 4 members (excludes halogenated alkanes) is 4. The maximum atomic E-state index is 5.37. The standard InChI is InChI=1S/C14H28O2.Li.H/c1-3-5-7-9-11-13-16-14-15-12-10-8-6-4-2;;/h6,8H,3-5,7,9-14H2,1-2H3;;/q;+1;-1/b8-6-;;. The van der Waals surface area contributed by atoms with Crippen molar-refractivity contribution < 1.29 is 29.8 Å². The molecule has 0 fully saturated rings. The van der Waals surface area contributed by atoms with Gasteiger partial charge in [-0.25, -0.2) is 0 Å². The molecule has 0 N–H and O–H groups in total. The molecule has 0 spiro atoms. The van der Waals surface area contributed by atoms with Gasteiger partial charge in [-0.2, -0.15) is 0 Å². The maximum Gasteiger partial charge on any atom is 1.00 e. The van der Waals surface area contributed by atoms with Crippen molar-refractivity contribution in [2.75, 3.05) is 20.0 Å². The van der Waals surface area contributed by atoms with Crippen LogP contribution in [0.4, 0.5) is 0 Å². The number of allylic oxidation sites excluding steroid dienone is 1. The third-order valence-electron chi connectivity index (χ3n) is 2.39. The van der Waals surface area contributed by atoms with Crippen molar-refractivity contribution in [3.8, 4) is 0 Å². The van der Waals surface area contributed by atoms with E-state index in [1.807, 2.05) is 0 Å². The van der Waals surface area contributed by atoms with Crippen LogP contribution in [-0.2, 0) is 9.47 Å². The van der Waals surface area contributed by atoms with Crippen LogP contribution in [0.5, 0.6) is 0 Å². The van der Waals surface area contributed by atoms with E-state index in [0.29, 0.717) is 6.79 Å². The molecule has 0 rings (SSSR count). The van der Waals surface area contributed by atoms with Crippen molar-refractivity contribution in [1.29, 1.82) is 0 Å². The smallest absolute Gasteiger partial charge is 1.00 e. The summed E-state index contributed by atoms with van der Waals surface area (Å²) in [5, 5.41) is 0. The molecule has 0 bridgehead atoms. The fraction of sp³-hybridized carbons (Fsp3) is 0.857. The molecule has 0 unspecified atom stereocenters. The third kappa shape index (κ3) is 18.8. The van der Waals surface area contributed by atoms with Crippen LogP contribution in [0.2, 0.25) is 0 Å². The van der Waals surface area contributed by atoms with Gasteiger partial charge in [0.05, 0.1) is 6.61 Å². The summed E-state index contributed by atoms with van der Waals surface area (Å²) >= 11 is 0. The van der Waals surface area contributed by atoms with Crippen molar-refractivity contribution in [3.63, 3.8) is 0 Å². The van der Waals surface area contributed by atoms with Gasteiger partial charge in [0.15, 0.2) is 0 Å². The molecule has 98 valence electrons. The first-order valence-electron chi connectivity index (χ1n) is 6.72. The number of ether oxygens (including phenoxy) is 2. The Balaban J connectivity index is -0.00000112. The molecule has 0 aliphatic heterocycles. The van der Waals surface area contributed by atoms with E-state index >= 15 is 0 Å². The topological polar surface area (TPSA) is 18.5 Å². The van der Waals surface area contributed by atoms with E-state index < -0.39 is 0 Å². The number of hydrogen-bond acceptors (Lipinski definition) is 2. The fourth-order valence-electron chi connectivity index (χ4n) is 1.42. The van der Waals surface area contributed by atoms with Crippen LogP contribution in [0.3, 0.4) is 0 Å². The predicted octanol–water partition coefficient (Wildman–Crippen LogP) is 1.42. The average Bonchev–Trinajstić information content (AvgIpc) is 2.31. The second-order valence-electron chi connectivity index (χ2n) is 4.02. The van der Waals surface area contributed by atoms with Crippen LogP contribution < -0.4 is 18.9 Å². The minimum Gasteiger partial charge on any atom is -1.00 e. The van der Waals surface area contributed by atoms with Crippen LogP contribution in [0, 0.1) is 0 Å². The van der Waals surface area contributed by atoms with Gasteiger partial charge in [-0.15, -0.1) is 0 Å².